The molecule has 0 radical (unpaired) electrons. The highest BCUT2D eigenvalue weighted by Gasteiger charge is 2.31. The summed E-state index contributed by atoms with van der Waals surface area (Å²) in [6.07, 6.45) is 4.80. The van der Waals surface area contributed by atoms with E-state index in [4.69, 9.17) is 11.6 Å². The number of hydrogen-bond acceptors (Lipinski definition) is 6. The number of hydrogen-bond donors (Lipinski definition) is 2. The lowest BCUT2D eigenvalue weighted by Gasteiger charge is -2.15. The predicted molar refractivity (Wildman–Crippen MR) is 133 cm³/mol. The van der Waals surface area contributed by atoms with Gasteiger partial charge in [0, 0.05) is 27.8 Å². The van der Waals surface area contributed by atoms with Gasteiger partial charge >= 0.3 is 0 Å². The van der Waals surface area contributed by atoms with Crippen molar-refractivity contribution in [3.63, 3.8) is 0 Å². The Morgan fingerprint density at radius 1 is 1.36 bits per heavy atom. The summed E-state index contributed by atoms with van der Waals surface area (Å²) >= 11 is 10.7. The summed E-state index contributed by atoms with van der Waals surface area (Å²) in [5, 5.41) is 14.2. The summed E-state index contributed by atoms with van der Waals surface area (Å²) in [5.41, 5.74) is 0.704. The van der Waals surface area contributed by atoms with Gasteiger partial charge in [-0.1, -0.05) is 47.8 Å². The molecule has 0 spiro atoms. The van der Waals surface area contributed by atoms with Gasteiger partial charge in [-0.25, -0.2) is 14.4 Å². The van der Waals surface area contributed by atoms with Gasteiger partial charge in [0.1, 0.15) is 24.1 Å². The van der Waals surface area contributed by atoms with Gasteiger partial charge in [0.05, 0.1) is 14.8 Å². The van der Waals surface area contributed by atoms with Crippen molar-refractivity contribution in [2.24, 2.45) is 11.8 Å². The van der Waals surface area contributed by atoms with Gasteiger partial charge < -0.3 is 10.4 Å². The third-order valence-electron chi connectivity index (χ3n) is 6.35. The third-order valence-corrected chi connectivity index (χ3v) is 8.24. The molecule has 4 atom stereocenters. The third kappa shape index (κ3) is 5.14. The Labute approximate surface area is 209 Å². The molecule has 1 aliphatic carbocycles. The van der Waals surface area contributed by atoms with Crippen LogP contribution < -0.4 is 5.32 Å². The lowest BCUT2D eigenvalue weighted by Crippen LogP contribution is -2.19. The van der Waals surface area contributed by atoms with Crippen LogP contribution in [0.3, 0.4) is 0 Å². The van der Waals surface area contributed by atoms with Gasteiger partial charge in [0.25, 0.3) is 0 Å². The smallest absolute Gasteiger partial charge is 0.208 e. The first-order chi connectivity index (χ1) is 15.8. The minimum absolute atomic E-state index is 0.0781. The SMILES string of the molecule is CC[C@H]1C[C@@H](Nc2ncncc2C(=O)c2cc(C(O)c3cc(Br)ccc3F)c(Cl)s2)C[C@@H]1C. The van der Waals surface area contributed by atoms with Crippen LogP contribution >= 0.6 is 38.9 Å². The number of nitrogens with one attached hydrogen (secondary N) is 1. The van der Waals surface area contributed by atoms with Crippen LogP contribution in [-0.4, -0.2) is 26.9 Å². The minimum atomic E-state index is -1.30. The largest absolute Gasteiger partial charge is 0.383 e. The second-order valence-corrected chi connectivity index (χ2v) is 11.1. The van der Waals surface area contributed by atoms with Crippen molar-refractivity contribution in [2.45, 2.75) is 45.3 Å². The summed E-state index contributed by atoms with van der Waals surface area (Å²) in [6.45, 7) is 4.46. The van der Waals surface area contributed by atoms with Gasteiger partial charge in [0.2, 0.25) is 5.78 Å². The van der Waals surface area contributed by atoms with E-state index in [1.54, 1.807) is 6.07 Å². The predicted octanol–water partition coefficient (Wildman–Crippen LogP) is 6.64. The molecule has 0 saturated heterocycles. The quantitative estimate of drug-likeness (QED) is 0.321. The second-order valence-electron chi connectivity index (χ2n) is 8.48. The maximum Gasteiger partial charge on any atom is 0.208 e. The number of benzene rings is 1. The highest BCUT2D eigenvalue weighted by atomic mass is 79.9. The van der Waals surface area contributed by atoms with Crippen molar-refractivity contribution in [1.82, 2.24) is 9.97 Å². The summed E-state index contributed by atoms with van der Waals surface area (Å²) in [4.78, 5) is 22.0. The van der Waals surface area contributed by atoms with E-state index in [2.05, 4.69) is 45.1 Å². The molecule has 9 heteroatoms. The molecule has 1 aliphatic rings. The number of thiophene rings is 1. The van der Waals surface area contributed by atoms with Crippen molar-refractivity contribution in [3.8, 4) is 0 Å². The lowest BCUT2D eigenvalue weighted by molar-refractivity contribution is 0.104. The molecule has 5 nitrogen and oxygen atoms in total. The maximum absolute atomic E-state index is 14.3. The molecular weight excluding hydrogens is 529 g/mol. The Morgan fingerprint density at radius 3 is 2.88 bits per heavy atom. The first-order valence-corrected chi connectivity index (χ1v) is 12.8. The van der Waals surface area contributed by atoms with E-state index in [9.17, 15) is 14.3 Å². The van der Waals surface area contributed by atoms with Gasteiger partial charge in [-0.15, -0.1) is 11.3 Å². The molecule has 2 aromatic heterocycles. The van der Waals surface area contributed by atoms with Crippen LogP contribution in [0.15, 0.2) is 41.3 Å². The molecule has 2 heterocycles. The average Bonchev–Trinajstić information content (AvgIpc) is 3.36. The monoisotopic (exact) mass is 551 g/mol. The summed E-state index contributed by atoms with van der Waals surface area (Å²) in [7, 11) is 0. The number of halogens is 3. The fourth-order valence-corrected chi connectivity index (χ4v) is 6.19. The van der Waals surface area contributed by atoms with Crippen molar-refractivity contribution in [3.05, 3.63) is 73.0 Å². The molecule has 1 saturated carbocycles. The fourth-order valence-electron chi connectivity index (χ4n) is 4.53. The highest BCUT2D eigenvalue weighted by Crippen LogP contribution is 2.39. The summed E-state index contributed by atoms with van der Waals surface area (Å²) < 4.78 is 15.1. The standard InChI is InChI=1S/C24H24BrClFN3O2S/c1-3-13-7-15(6-12(13)2)30-24-18(10-28-11-29-24)22(32)20-9-17(23(26)33-20)21(31)16-8-14(25)4-5-19(16)27/h4-5,8-13,15,21,31H,3,6-7H2,1-2H3,(H,28,29,30)/t12-,13-,15-,21?/m0/s1. The molecule has 3 aromatic rings. The van der Waals surface area contributed by atoms with Crippen molar-refractivity contribution in [1.29, 1.82) is 0 Å². The zero-order chi connectivity index (χ0) is 23.7. The van der Waals surface area contributed by atoms with Crippen LogP contribution in [-0.2, 0) is 0 Å². The van der Waals surface area contributed by atoms with Crippen LogP contribution in [0.1, 0.15) is 65.6 Å². The van der Waals surface area contributed by atoms with Gasteiger partial charge in [-0.05, 0) is 48.9 Å². The number of aliphatic hydroxyl groups is 1. The number of aromatic nitrogens is 2. The zero-order valence-corrected chi connectivity index (χ0v) is 21.3. The Hall–Kier alpha value is -1.87. The molecular formula is C24H24BrClFN3O2S. The number of ketones is 1. The second kappa shape index (κ2) is 10.2. The van der Waals surface area contributed by atoms with E-state index < -0.39 is 11.9 Å². The Morgan fingerprint density at radius 2 is 2.15 bits per heavy atom. The van der Waals surface area contributed by atoms with E-state index in [1.807, 2.05) is 0 Å². The zero-order valence-electron chi connectivity index (χ0n) is 18.2. The molecule has 0 bridgehead atoms. The summed E-state index contributed by atoms with van der Waals surface area (Å²) in [5.74, 6) is 0.916. The highest BCUT2D eigenvalue weighted by molar-refractivity contribution is 9.10. The van der Waals surface area contributed by atoms with Gasteiger partial charge in [-0.2, -0.15) is 0 Å². The van der Waals surface area contributed by atoms with Crippen molar-refractivity contribution >= 4 is 50.5 Å². The normalized spacial score (nSPS) is 21.2. The molecule has 0 aliphatic heterocycles. The van der Waals surface area contributed by atoms with Crippen LogP contribution in [0, 0.1) is 17.7 Å². The van der Waals surface area contributed by atoms with Crippen LogP contribution in [0.5, 0.6) is 0 Å². The van der Waals surface area contributed by atoms with E-state index in [-0.39, 0.29) is 27.3 Å². The van der Waals surface area contributed by atoms with E-state index >= 15 is 0 Å². The molecule has 1 unspecified atom stereocenters. The number of nitrogens with zero attached hydrogens (tertiary/aromatic N) is 2. The summed E-state index contributed by atoms with van der Waals surface area (Å²) in [6, 6.07) is 6.07. The molecule has 1 aromatic carbocycles. The number of anilines is 1. The van der Waals surface area contributed by atoms with Crippen LogP contribution in [0.4, 0.5) is 10.2 Å². The molecule has 33 heavy (non-hydrogen) atoms. The first kappa shape index (κ1) is 24.3. The minimum Gasteiger partial charge on any atom is -0.383 e. The van der Waals surface area contributed by atoms with Crippen molar-refractivity contribution < 1.29 is 14.3 Å². The molecule has 0 amide bonds. The Bertz CT molecular complexity index is 1170. The number of carbonyl (C=O) groups excluding carboxylic acids is 1. The molecule has 174 valence electrons. The maximum atomic E-state index is 14.3. The number of rotatable bonds is 7. The number of aliphatic hydroxyl groups excluding tert-OH is 1. The average molecular weight is 553 g/mol. The van der Waals surface area contributed by atoms with E-state index in [0.29, 0.717) is 32.6 Å². The number of carbonyl (C=O) groups is 1. The van der Waals surface area contributed by atoms with Crippen molar-refractivity contribution in [2.75, 3.05) is 5.32 Å². The van der Waals surface area contributed by atoms with Crippen LogP contribution in [0.2, 0.25) is 4.34 Å². The fraction of sp³-hybridized carbons (Fsp3) is 0.375. The molecule has 4 rings (SSSR count). The van der Waals surface area contributed by atoms with E-state index in [0.717, 1.165) is 30.6 Å². The van der Waals surface area contributed by atoms with Gasteiger partial charge in [0.15, 0.2) is 0 Å². The molecule has 1 fully saturated rings. The van der Waals surface area contributed by atoms with E-state index in [1.165, 1.54) is 30.7 Å². The first-order valence-electron chi connectivity index (χ1n) is 10.8. The lowest BCUT2D eigenvalue weighted by atomic mass is 9.96. The van der Waals surface area contributed by atoms with Gasteiger partial charge in [-0.3, -0.25) is 4.79 Å². The topological polar surface area (TPSA) is 75.1 Å². The Balaban J connectivity index is 1.59. The Kier molecular flexibility index (Phi) is 7.48. The molecule has 2 N–H and O–H groups in total. The van der Waals surface area contributed by atoms with Crippen LogP contribution in [0.25, 0.3) is 0 Å².